The van der Waals surface area contributed by atoms with Crippen LogP contribution in [0.25, 0.3) is 0 Å². The number of aromatic nitrogens is 2. The molecule has 2 rings (SSSR count). The Morgan fingerprint density at radius 2 is 2.20 bits per heavy atom. The lowest BCUT2D eigenvalue weighted by molar-refractivity contribution is -0.385. The molecule has 106 valence electrons. The maximum absolute atomic E-state index is 11.1. The van der Waals surface area contributed by atoms with E-state index in [-0.39, 0.29) is 23.4 Å². The Hall–Kier alpha value is -2.22. The molecule has 0 amide bonds. The third kappa shape index (κ3) is 2.85. The van der Waals surface area contributed by atoms with Crippen LogP contribution in [-0.4, -0.2) is 22.0 Å². The number of nitro groups is 1. The van der Waals surface area contributed by atoms with Crippen molar-refractivity contribution in [2.75, 3.05) is 12.4 Å². The van der Waals surface area contributed by atoms with Gasteiger partial charge in [-0.15, -0.1) is 11.3 Å². The van der Waals surface area contributed by atoms with Crippen LogP contribution in [0.2, 0.25) is 0 Å². The summed E-state index contributed by atoms with van der Waals surface area (Å²) in [6.07, 6.45) is 1.24. The summed E-state index contributed by atoms with van der Waals surface area (Å²) in [6.45, 7) is 3.93. The average molecular weight is 294 g/mol. The second-order valence-corrected chi connectivity index (χ2v) is 5.47. The van der Waals surface area contributed by atoms with Crippen LogP contribution in [0.15, 0.2) is 18.5 Å². The molecule has 1 unspecified atom stereocenters. The van der Waals surface area contributed by atoms with E-state index >= 15 is 0 Å². The second-order valence-electron chi connectivity index (χ2n) is 4.15. The van der Waals surface area contributed by atoms with Crippen molar-refractivity contribution in [2.45, 2.75) is 19.9 Å². The molecule has 0 aliphatic carbocycles. The van der Waals surface area contributed by atoms with Gasteiger partial charge in [0.15, 0.2) is 0 Å². The molecule has 2 aromatic heterocycles. The van der Waals surface area contributed by atoms with Crippen LogP contribution >= 0.6 is 11.3 Å². The Kier molecular flexibility index (Phi) is 4.14. The molecule has 20 heavy (non-hydrogen) atoms. The van der Waals surface area contributed by atoms with Crippen molar-refractivity contribution in [3.8, 4) is 5.88 Å². The molecule has 1 atom stereocenters. The van der Waals surface area contributed by atoms with Gasteiger partial charge >= 0.3 is 5.69 Å². The Labute approximate surface area is 119 Å². The smallest absolute Gasteiger partial charge is 0.372 e. The fourth-order valence-corrected chi connectivity index (χ4v) is 2.62. The van der Waals surface area contributed by atoms with Crippen molar-refractivity contribution < 1.29 is 9.66 Å². The summed E-state index contributed by atoms with van der Waals surface area (Å²) in [7, 11) is 1.34. The number of nitrogens with one attached hydrogen (secondary N) is 1. The first-order valence-electron chi connectivity index (χ1n) is 5.89. The maximum Gasteiger partial charge on any atom is 0.372 e. The van der Waals surface area contributed by atoms with Crippen LogP contribution < -0.4 is 10.1 Å². The highest BCUT2D eigenvalue weighted by Crippen LogP contribution is 2.33. The zero-order valence-corrected chi connectivity index (χ0v) is 12.1. The van der Waals surface area contributed by atoms with Crippen molar-refractivity contribution >= 4 is 22.8 Å². The lowest BCUT2D eigenvalue weighted by atomic mass is 10.2. The van der Waals surface area contributed by atoms with Gasteiger partial charge in [-0.1, -0.05) is 0 Å². The van der Waals surface area contributed by atoms with E-state index in [1.807, 2.05) is 26.0 Å². The molecule has 8 heteroatoms. The predicted octanol–water partition coefficient (Wildman–Crippen LogP) is 2.94. The summed E-state index contributed by atoms with van der Waals surface area (Å²) in [5.41, 5.74) is -0.255. The molecular weight excluding hydrogens is 280 g/mol. The van der Waals surface area contributed by atoms with Crippen LogP contribution in [0.4, 0.5) is 11.5 Å². The van der Waals surface area contributed by atoms with Crippen LogP contribution in [0.5, 0.6) is 5.88 Å². The van der Waals surface area contributed by atoms with E-state index < -0.39 is 4.92 Å². The van der Waals surface area contributed by atoms with E-state index in [2.05, 4.69) is 15.3 Å². The first-order valence-corrected chi connectivity index (χ1v) is 6.70. The van der Waals surface area contributed by atoms with Gasteiger partial charge in [0.05, 0.1) is 18.1 Å². The van der Waals surface area contributed by atoms with E-state index in [0.29, 0.717) is 0 Å². The molecule has 2 aromatic rings. The summed E-state index contributed by atoms with van der Waals surface area (Å²) in [5.74, 6) is 0.0995. The Morgan fingerprint density at radius 3 is 2.75 bits per heavy atom. The van der Waals surface area contributed by atoms with Gasteiger partial charge in [-0.3, -0.25) is 10.1 Å². The molecular formula is C12H14N4O3S. The quantitative estimate of drug-likeness (QED) is 0.673. The maximum atomic E-state index is 11.1. The normalized spacial score (nSPS) is 11.9. The third-order valence-electron chi connectivity index (χ3n) is 2.71. The molecule has 7 nitrogen and oxygen atoms in total. The molecule has 1 N–H and O–H groups in total. The number of aryl methyl sites for hydroxylation is 1. The number of rotatable bonds is 5. The van der Waals surface area contributed by atoms with Gasteiger partial charge in [0.2, 0.25) is 5.82 Å². The van der Waals surface area contributed by atoms with Crippen molar-refractivity contribution in [2.24, 2.45) is 0 Å². The van der Waals surface area contributed by atoms with Gasteiger partial charge in [-0.2, -0.15) is 4.98 Å². The van der Waals surface area contributed by atoms with E-state index in [9.17, 15) is 10.1 Å². The molecule has 0 saturated carbocycles. The molecule has 0 aromatic carbocycles. The van der Waals surface area contributed by atoms with Crippen LogP contribution in [0, 0.1) is 17.0 Å². The van der Waals surface area contributed by atoms with Gasteiger partial charge in [0, 0.05) is 9.75 Å². The van der Waals surface area contributed by atoms with Gasteiger partial charge in [0.25, 0.3) is 5.88 Å². The molecule has 0 aliphatic rings. The average Bonchev–Trinajstić information content (AvgIpc) is 2.84. The minimum absolute atomic E-state index is 0.0536. The minimum atomic E-state index is -0.548. The summed E-state index contributed by atoms with van der Waals surface area (Å²) < 4.78 is 4.91. The molecule has 0 fully saturated rings. The number of hydrogen-bond acceptors (Lipinski definition) is 7. The number of thiophene rings is 1. The van der Waals surface area contributed by atoms with Crippen LogP contribution in [0.1, 0.15) is 22.7 Å². The molecule has 0 saturated heterocycles. The van der Waals surface area contributed by atoms with Gasteiger partial charge < -0.3 is 10.1 Å². The number of anilines is 1. The number of methoxy groups -OCH3 is 1. The Morgan fingerprint density at radius 1 is 1.45 bits per heavy atom. The van der Waals surface area contributed by atoms with E-state index in [1.165, 1.54) is 18.3 Å². The highest BCUT2D eigenvalue weighted by molar-refractivity contribution is 7.12. The monoisotopic (exact) mass is 294 g/mol. The largest absolute Gasteiger partial charge is 0.476 e. The standard InChI is InChI=1S/C12H14N4O3S/c1-7-4-5-9(20-7)8(2)15-11-10(16(17)18)12(19-3)14-6-13-11/h4-6,8H,1-3H3,(H,13,14,15). The lowest BCUT2D eigenvalue weighted by Crippen LogP contribution is -2.10. The van der Waals surface area contributed by atoms with Gasteiger partial charge in [-0.25, -0.2) is 4.98 Å². The highest BCUT2D eigenvalue weighted by atomic mass is 32.1. The number of ether oxygens (including phenoxy) is 1. The zero-order valence-electron chi connectivity index (χ0n) is 11.3. The van der Waals surface area contributed by atoms with Gasteiger partial charge in [-0.05, 0) is 26.0 Å². The molecule has 0 aliphatic heterocycles. The highest BCUT2D eigenvalue weighted by Gasteiger charge is 2.25. The van der Waals surface area contributed by atoms with Crippen molar-refractivity contribution in [3.63, 3.8) is 0 Å². The summed E-state index contributed by atoms with van der Waals surface area (Å²) in [4.78, 5) is 20.5. The van der Waals surface area contributed by atoms with E-state index in [0.717, 1.165) is 4.88 Å². The van der Waals surface area contributed by atoms with Crippen molar-refractivity contribution in [3.05, 3.63) is 38.3 Å². The molecule has 0 bridgehead atoms. The zero-order chi connectivity index (χ0) is 14.7. The molecule has 0 spiro atoms. The number of nitrogens with zero attached hydrogens (tertiary/aromatic N) is 3. The first-order chi connectivity index (χ1) is 9.52. The number of hydrogen-bond donors (Lipinski definition) is 1. The Bertz CT molecular complexity index is 629. The lowest BCUT2D eigenvalue weighted by Gasteiger charge is -2.13. The Balaban J connectivity index is 2.31. The molecule has 2 heterocycles. The minimum Gasteiger partial charge on any atom is -0.476 e. The van der Waals surface area contributed by atoms with E-state index in [1.54, 1.807) is 11.3 Å². The summed E-state index contributed by atoms with van der Waals surface area (Å²) in [5, 5.41) is 14.2. The topological polar surface area (TPSA) is 90.2 Å². The van der Waals surface area contributed by atoms with Crippen molar-refractivity contribution in [1.82, 2.24) is 9.97 Å². The second kappa shape index (κ2) is 5.83. The van der Waals surface area contributed by atoms with Crippen LogP contribution in [-0.2, 0) is 0 Å². The van der Waals surface area contributed by atoms with Crippen LogP contribution in [0.3, 0.4) is 0 Å². The predicted molar refractivity (Wildman–Crippen MR) is 76.3 cm³/mol. The summed E-state index contributed by atoms with van der Waals surface area (Å²) in [6, 6.07) is 3.90. The third-order valence-corrected chi connectivity index (χ3v) is 3.89. The first kappa shape index (κ1) is 14.2. The SMILES string of the molecule is COc1ncnc(NC(C)c2ccc(C)s2)c1[N+](=O)[O-]. The van der Waals surface area contributed by atoms with E-state index in [4.69, 9.17) is 4.74 Å². The fraction of sp³-hybridized carbons (Fsp3) is 0.333. The van der Waals surface area contributed by atoms with Gasteiger partial charge in [0.1, 0.15) is 6.33 Å². The fourth-order valence-electron chi connectivity index (χ4n) is 1.74. The molecule has 0 radical (unpaired) electrons. The van der Waals surface area contributed by atoms with Crippen molar-refractivity contribution in [1.29, 1.82) is 0 Å². The summed E-state index contributed by atoms with van der Waals surface area (Å²) >= 11 is 1.63.